The fourth-order valence-corrected chi connectivity index (χ4v) is 2.06. The molecule has 0 heterocycles. The van der Waals surface area contributed by atoms with Crippen LogP contribution in [0.2, 0.25) is 0 Å². The number of aliphatic carboxylic acids is 1. The molecule has 1 aromatic rings. The molecule has 0 radical (unpaired) electrons. The molecule has 1 N–H and O–H groups in total. The Morgan fingerprint density at radius 1 is 1.45 bits per heavy atom. The van der Waals surface area contributed by atoms with Gasteiger partial charge in [-0.25, -0.2) is 9.18 Å². The van der Waals surface area contributed by atoms with E-state index in [0.29, 0.717) is 5.75 Å². The maximum absolute atomic E-state index is 13.9. The average molecular weight is 281 g/mol. The minimum Gasteiger partial charge on any atom is -0.497 e. The third-order valence-corrected chi connectivity index (χ3v) is 3.36. The van der Waals surface area contributed by atoms with Crippen molar-refractivity contribution in [2.45, 2.75) is 31.8 Å². The number of carbonyl (C=O) groups is 2. The lowest BCUT2D eigenvalue weighted by atomic mass is 10.1. The third-order valence-electron chi connectivity index (χ3n) is 3.36. The molecule has 1 aliphatic carbocycles. The van der Waals surface area contributed by atoms with Crippen molar-refractivity contribution >= 4 is 11.9 Å². The maximum atomic E-state index is 13.9. The van der Waals surface area contributed by atoms with E-state index in [1.54, 1.807) is 0 Å². The molecule has 1 amide bonds. The molecule has 0 saturated heterocycles. The molecule has 1 aliphatic rings. The van der Waals surface area contributed by atoms with Gasteiger partial charge in [-0.3, -0.25) is 4.79 Å². The van der Waals surface area contributed by atoms with Gasteiger partial charge in [-0.1, -0.05) is 0 Å². The van der Waals surface area contributed by atoms with Crippen LogP contribution in [0.5, 0.6) is 5.75 Å². The monoisotopic (exact) mass is 281 g/mol. The first-order chi connectivity index (χ1) is 9.45. The van der Waals surface area contributed by atoms with Crippen LogP contribution in [0, 0.1) is 5.82 Å². The fourth-order valence-electron chi connectivity index (χ4n) is 2.06. The summed E-state index contributed by atoms with van der Waals surface area (Å²) < 4.78 is 18.8. The number of halogens is 1. The van der Waals surface area contributed by atoms with Crippen molar-refractivity contribution in [1.82, 2.24) is 4.90 Å². The molecule has 1 saturated carbocycles. The van der Waals surface area contributed by atoms with Gasteiger partial charge in [0, 0.05) is 12.1 Å². The van der Waals surface area contributed by atoms with Crippen molar-refractivity contribution in [1.29, 1.82) is 0 Å². The van der Waals surface area contributed by atoms with Gasteiger partial charge in [0.25, 0.3) is 5.91 Å². The molecule has 5 nitrogen and oxygen atoms in total. The zero-order valence-electron chi connectivity index (χ0n) is 11.3. The topological polar surface area (TPSA) is 66.8 Å². The van der Waals surface area contributed by atoms with E-state index in [1.807, 2.05) is 0 Å². The quantitative estimate of drug-likeness (QED) is 0.895. The zero-order chi connectivity index (χ0) is 14.9. The molecule has 0 aromatic heterocycles. The third kappa shape index (κ3) is 2.74. The minimum atomic E-state index is -1.10. The van der Waals surface area contributed by atoms with Crippen LogP contribution in [0.1, 0.15) is 30.1 Å². The molecule has 1 fully saturated rings. The Morgan fingerprint density at radius 3 is 2.55 bits per heavy atom. The van der Waals surface area contributed by atoms with E-state index in [4.69, 9.17) is 9.84 Å². The first kappa shape index (κ1) is 14.3. The lowest BCUT2D eigenvalue weighted by Gasteiger charge is -2.26. The summed E-state index contributed by atoms with van der Waals surface area (Å²) in [7, 11) is 1.40. The second kappa shape index (κ2) is 5.48. The summed E-state index contributed by atoms with van der Waals surface area (Å²) in [6, 6.07) is 2.82. The number of amides is 1. The predicted molar refractivity (Wildman–Crippen MR) is 69.2 cm³/mol. The molecule has 0 aliphatic heterocycles. The van der Waals surface area contributed by atoms with Crippen molar-refractivity contribution in [3.8, 4) is 5.75 Å². The van der Waals surface area contributed by atoms with Crippen LogP contribution in [0.3, 0.4) is 0 Å². The lowest BCUT2D eigenvalue weighted by molar-refractivity contribution is -0.141. The number of benzene rings is 1. The number of hydrogen-bond acceptors (Lipinski definition) is 3. The van der Waals surface area contributed by atoms with Gasteiger partial charge in [0.15, 0.2) is 0 Å². The smallest absolute Gasteiger partial charge is 0.326 e. The van der Waals surface area contributed by atoms with E-state index >= 15 is 0 Å². The number of carboxylic acids is 1. The van der Waals surface area contributed by atoms with Gasteiger partial charge in [0.2, 0.25) is 0 Å². The van der Waals surface area contributed by atoms with Crippen LogP contribution >= 0.6 is 0 Å². The summed E-state index contributed by atoms with van der Waals surface area (Å²) in [5, 5.41) is 9.07. The van der Waals surface area contributed by atoms with Crippen LogP contribution in [0.4, 0.5) is 4.39 Å². The van der Waals surface area contributed by atoms with Crippen LogP contribution in [0.15, 0.2) is 18.2 Å². The molecule has 1 unspecified atom stereocenters. The Bertz CT molecular complexity index is 542. The zero-order valence-corrected chi connectivity index (χ0v) is 11.3. The summed E-state index contributed by atoms with van der Waals surface area (Å²) in [6.45, 7) is 1.43. The van der Waals surface area contributed by atoms with Crippen LogP contribution in [-0.4, -0.2) is 41.1 Å². The molecule has 1 aromatic carbocycles. The van der Waals surface area contributed by atoms with E-state index in [2.05, 4.69) is 0 Å². The summed E-state index contributed by atoms with van der Waals surface area (Å²) in [6.07, 6.45) is 1.50. The number of carboxylic acid groups (broad SMARTS) is 1. The van der Waals surface area contributed by atoms with Crippen molar-refractivity contribution in [3.05, 3.63) is 29.6 Å². The van der Waals surface area contributed by atoms with Gasteiger partial charge in [0.1, 0.15) is 17.6 Å². The molecule has 2 rings (SSSR count). The normalized spacial score (nSPS) is 15.6. The predicted octanol–water partition coefficient (Wildman–Crippen LogP) is 1.91. The highest BCUT2D eigenvalue weighted by Gasteiger charge is 2.39. The maximum Gasteiger partial charge on any atom is 0.326 e. The Balaban J connectivity index is 2.30. The second-order valence-electron chi connectivity index (χ2n) is 4.80. The Labute approximate surface area is 116 Å². The van der Waals surface area contributed by atoms with Gasteiger partial charge < -0.3 is 14.7 Å². The number of rotatable bonds is 5. The number of ether oxygens (including phenoxy) is 1. The van der Waals surface area contributed by atoms with E-state index in [-0.39, 0.29) is 11.6 Å². The fraction of sp³-hybridized carbons (Fsp3) is 0.429. The van der Waals surface area contributed by atoms with Crippen LogP contribution < -0.4 is 4.74 Å². The molecule has 20 heavy (non-hydrogen) atoms. The van der Waals surface area contributed by atoms with Crippen molar-refractivity contribution in [3.63, 3.8) is 0 Å². The molecule has 108 valence electrons. The van der Waals surface area contributed by atoms with Crippen LogP contribution in [0.25, 0.3) is 0 Å². The Kier molecular flexibility index (Phi) is 3.92. The first-order valence-electron chi connectivity index (χ1n) is 6.34. The lowest BCUT2D eigenvalue weighted by Crippen LogP contribution is -2.45. The molecular formula is C14H16FNO4. The largest absolute Gasteiger partial charge is 0.497 e. The number of nitrogens with zero attached hydrogens (tertiary/aromatic N) is 1. The van der Waals surface area contributed by atoms with Crippen molar-refractivity contribution < 1.29 is 23.8 Å². The summed E-state index contributed by atoms with van der Waals surface area (Å²) in [5.41, 5.74) is -0.134. The Hall–Kier alpha value is -2.11. The van der Waals surface area contributed by atoms with E-state index in [9.17, 15) is 14.0 Å². The summed E-state index contributed by atoms with van der Waals surface area (Å²) in [5.74, 6) is -2.09. The van der Waals surface area contributed by atoms with Crippen molar-refractivity contribution in [2.24, 2.45) is 0 Å². The number of methoxy groups -OCH3 is 1. The molecule has 1 atom stereocenters. The molecular weight excluding hydrogens is 265 g/mol. The number of carbonyl (C=O) groups excluding carboxylic acids is 1. The van der Waals surface area contributed by atoms with Gasteiger partial charge >= 0.3 is 5.97 Å². The van der Waals surface area contributed by atoms with Gasteiger partial charge in [0.05, 0.1) is 12.7 Å². The van der Waals surface area contributed by atoms with Gasteiger partial charge in [-0.05, 0) is 31.9 Å². The van der Waals surface area contributed by atoms with Crippen LogP contribution in [-0.2, 0) is 4.79 Å². The Morgan fingerprint density at radius 2 is 2.10 bits per heavy atom. The minimum absolute atomic E-state index is 0.116. The van der Waals surface area contributed by atoms with Gasteiger partial charge in [-0.15, -0.1) is 0 Å². The second-order valence-corrected chi connectivity index (χ2v) is 4.80. The molecule has 0 spiro atoms. The highest BCUT2D eigenvalue weighted by atomic mass is 19.1. The van der Waals surface area contributed by atoms with E-state index < -0.39 is 23.7 Å². The van der Waals surface area contributed by atoms with Crippen molar-refractivity contribution in [2.75, 3.05) is 7.11 Å². The van der Waals surface area contributed by atoms with Gasteiger partial charge in [-0.2, -0.15) is 0 Å². The summed E-state index contributed by atoms with van der Waals surface area (Å²) in [4.78, 5) is 24.7. The first-order valence-corrected chi connectivity index (χ1v) is 6.34. The van der Waals surface area contributed by atoms with E-state index in [1.165, 1.54) is 31.1 Å². The SMILES string of the molecule is COc1ccc(C(=O)N(C2CC2)C(C)C(=O)O)c(F)c1. The standard InChI is InChI=1S/C14H16FNO4/c1-8(14(18)19)16(9-3-4-9)13(17)11-6-5-10(20-2)7-12(11)15/h5-9H,3-4H2,1-2H3,(H,18,19). The highest BCUT2D eigenvalue weighted by Crippen LogP contribution is 2.31. The molecule has 6 heteroatoms. The highest BCUT2D eigenvalue weighted by molar-refractivity contribution is 5.97. The summed E-state index contributed by atoms with van der Waals surface area (Å²) >= 11 is 0. The average Bonchev–Trinajstić information content (AvgIpc) is 3.22. The number of hydrogen-bond donors (Lipinski definition) is 1. The molecule has 0 bridgehead atoms. The van der Waals surface area contributed by atoms with E-state index in [0.717, 1.165) is 18.9 Å².